The van der Waals surface area contributed by atoms with Gasteiger partial charge in [0.2, 0.25) is 0 Å². The number of rotatable bonds is 4. The first-order valence-electron chi connectivity index (χ1n) is 5.84. The summed E-state index contributed by atoms with van der Waals surface area (Å²) in [6, 6.07) is 4.56. The second-order valence-electron chi connectivity index (χ2n) is 4.22. The molecule has 2 heteroatoms. The molecule has 96 valence electrons. The molecule has 18 heavy (non-hydrogen) atoms. The van der Waals surface area contributed by atoms with Gasteiger partial charge in [-0.05, 0) is 44.1 Å². The maximum Gasteiger partial charge on any atom is 0.129 e. The highest BCUT2D eigenvalue weighted by Crippen LogP contribution is 2.32. The highest BCUT2D eigenvalue weighted by Gasteiger charge is 2.11. The van der Waals surface area contributed by atoms with E-state index in [0.717, 1.165) is 22.3 Å². The zero-order valence-electron chi connectivity index (χ0n) is 11.4. The Hall–Kier alpha value is -1.83. The Bertz CT molecular complexity index is 510. The van der Waals surface area contributed by atoms with Crippen LogP contribution in [0.15, 0.2) is 48.1 Å². The van der Waals surface area contributed by atoms with Crippen LogP contribution in [0.2, 0.25) is 0 Å². The molecule has 1 rings (SSSR count). The summed E-state index contributed by atoms with van der Waals surface area (Å²) >= 11 is 0. The van der Waals surface area contributed by atoms with Crippen molar-refractivity contribution in [3.05, 3.63) is 59.5 Å². The molecule has 0 aliphatic carbocycles. The molecule has 0 bridgehead atoms. The summed E-state index contributed by atoms with van der Waals surface area (Å²) in [5, 5.41) is 0. The summed E-state index contributed by atoms with van der Waals surface area (Å²) in [6.07, 6.45) is 3.99. The monoisotopic (exact) mass is 246 g/mol. The van der Waals surface area contributed by atoms with Gasteiger partial charge in [0.15, 0.2) is 0 Å². The van der Waals surface area contributed by atoms with Crippen molar-refractivity contribution < 1.29 is 9.13 Å². The molecule has 1 nitrogen and oxygen atoms in total. The summed E-state index contributed by atoms with van der Waals surface area (Å²) in [4.78, 5) is 0. The predicted octanol–water partition coefficient (Wildman–Crippen LogP) is 4.76. The largest absolute Gasteiger partial charge is 0.496 e. The molecular formula is C16H19FO. The number of benzene rings is 1. The molecule has 0 amide bonds. The Morgan fingerprint density at radius 2 is 2.00 bits per heavy atom. The highest BCUT2D eigenvalue weighted by atomic mass is 19.1. The van der Waals surface area contributed by atoms with E-state index in [1.54, 1.807) is 13.2 Å². The average Bonchev–Trinajstić information content (AvgIpc) is 2.35. The summed E-state index contributed by atoms with van der Waals surface area (Å²) in [7, 11) is 1.54. The van der Waals surface area contributed by atoms with Gasteiger partial charge in [0.25, 0.3) is 0 Å². The molecule has 0 saturated heterocycles. The van der Waals surface area contributed by atoms with Gasteiger partial charge in [-0.3, -0.25) is 0 Å². The van der Waals surface area contributed by atoms with E-state index in [4.69, 9.17) is 4.74 Å². The quantitative estimate of drug-likeness (QED) is 0.696. The van der Waals surface area contributed by atoms with E-state index in [1.165, 1.54) is 12.1 Å². The Balaban J connectivity index is 3.43. The molecule has 1 aromatic rings. The van der Waals surface area contributed by atoms with Crippen LogP contribution in [-0.2, 0) is 0 Å². The van der Waals surface area contributed by atoms with Crippen molar-refractivity contribution >= 4 is 5.57 Å². The van der Waals surface area contributed by atoms with Crippen LogP contribution in [0.3, 0.4) is 0 Å². The van der Waals surface area contributed by atoms with Crippen molar-refractivity contribution in [2.75, 3.05) is 7.11 Å². The van der Waals surface area contributed by atoms with Gasteiger partial charge in [-0.25, -0.2) is 4.39 Å². The van der Waals surface area contributed by atoms with E-state index >= 15 is 0 Å². The summed E-state index contributed by atoms with van der Waals surface area (Å²) in [5.41, 5.74) is 3.92. The number of hydrogen-bond donors (Lipinski definition) is 0. The molecule has 0 unspecified atom stereocenters. The van der Waals surface area contributed by atoms with E-state index in [0.29, 0.717) is 5.75 Å². The van der Waals surface area contributed by atoms with Crippen LogP contribution < -0.4 is 4.74 Å². The van der Waals surface area contributed by atoms with Gasteiger partial charge < -0.3 is 4.74 Å². The molecule has 0 fully saturated rings. The minimum atomic E-state index is -0.302. The van der Waals surface area contributed by atoms with Gasteiger partial charge in [0.05, 0.1) is 7.11 Å². The maximum absolute atomic E-state index is 13.2. The van der Waals surface area contributed by atoms with E-state index in [2.05, 4.69) is 6.58 Å². The van der Waals surface area contributed by atoms with Gasteiger partial charge in [0.1, 0.15) is 11.6 Å². The number of methoxy groups -OCH3 is 1. The van der Waals surface area contributed by atoms with Crippen LogP contribution in [0.25, 0.3) is 5.57 Å². The van der Waals surface area contributed by atoms with Crippen molar-refractivity contribution in [3.8, 4) is 5.75 Å². The first-order chi connectivity index (χ1) is 8.49. The third-order valence-electron chi connectivity index (χ3n) is 2.70. The average molecular weight is 246 g/mol. The zero-order valence-corrected chi connectivity index (χ0v) is 11.4. The van der Waals surface area contributed by atoms with E-state index in [-0.39, 0.29) is 5.82 Å². The van der Waals surface area contributed by atoms with Crippen LogP contribution >= 0.6 is 0 Å². The number of halogens is 1. The Morgan fingerprint density at radius 1 is 1.33 bits per heavy atom. The fourth-order valence-electron chi connectivity index (χ4n) is 1.69. The first-order valence-corrected chi connectivity index (χ1v) is 5.84. The van der Waals surface area contributed by atoms with Crippen LogP contribution in [0.5, 0.6) is 5.75 Å². The molecule has 0 aliphatic rings. The van der Waals surface area contributed by atoms with Crippen molar-refractivity contribution in [2.24, 2.45) is 0 Å². The standard InChI is InChI=1S/C16H19FO/c1-6-12(4)15(9-11(2)3)14-8-7-13(17)10-16(14)18-5/h6-10H,2H2,1,3-5H3/b12-6-,15-9+. The second-order valence-corrected chi connectivity index (χ2v) is 4.22. The summed E-state index contributed by atoms with van der Waals surface area (Å²) in [6.45, 7) is 9.80. The Labute approximate surface area is 108 Å². The molecule has 0 heterocycles. The minimum absolute atomic E-state index is 0.302. The number of hydrogen-bond acceptors (Lipinski definition) is 1. The van der Waals surface area contributed by atoms with Gasteiger partial charge in [-0.2, -0.15) is 0 Å². The van der Waals surface area contributed by atoms with Crippen molar-refractivity contribution in [3.63, 3.8) is 0 Å². The molecule has 0 radical (unpaired) electrons. The lowest BCUT2D eigenvalue weighted by atomic mass is 9.96. The van der Waals surface area contributed by atoms with Gasteiger partial charge in [-0.1, -0.05) is 24.3 Å². The lowest BCUT2D eigenvalue weighted by molar-refractivity contribution is 0.410. The molecule has 1 aromatic carbocycles. The summed E-state index contributed by atoms with van der Waals surface area (Å²) in [5.74, 6) is 0.229. The molecule has 0 atom stereocenters. The van der Waals surface area contributed by atoms with Crippen molar-refractivity contribution in [1.82, 2.24) is 0 Å². The Morgan fingerprint density at radius 3 is 2.50 bits per heavy atom. The minimum Gasteiger partial charge on any atom is -0.496 e. The summed E-state index contributed by atoms with van der Waals surface area (Å²) < 4.78 is 18.5. The fourth-order valence-corrected chi connectivity index (χ4v) is 1.69. The third kappa shape index (κ3) is 3.33. The molecule has 0 spiro atoms. The third-order valence-corrected chi connectivity index (χ3v) is 2.70. The normalized spacial score (nSPS) is 12.5. The number of allylic oxidation sites excluding steroid dienone is 5. The van der Waals surface area contributed by atoms with Gasteiger partial charge in [0, 0.05) is 11.6 Å². The van der Waals surface area contributed by atoms with Gasteiger partial charge >= 0.3 is 0 Å². The fraction of sp³-hybridized carbons (Fsp3) is 0.250. The molecule has 0 saturated carbocycles. The topological polar surface area (TPSA) is 9.23 Å². The molecule has 0 N–H and O–H groups in total. The van der Waals surface area contributed by atoms with Crippen molar-refractivity contribution in [2.45, 2.75) is 20.8 Å². The smallest absolute Gasteiger partial charge is 0.129 e. The molecule has 0 aromatic heterocycles. The first kappa shape index (κ1) is 14.2. The molecule has 0 aliphatic heterocycles. The zero-order chi connectivity index (χ0) is 13.7. The van der Waals surface area contributed by atoms with Crippen LogP contribution in [0.1, 0.15) is 26.3 Å². The van der Waals surface area contributed by atoms with Crippen LogP contribution in [-0.4, -0.2) is 7.11 Å². The highest BCUT2D eigenvalue weighted by molar-refractivity contribution is 5.83. The van der Waals surface area contributed by atoms with Crippen molar-refractivity contribution in [1.29, 1.82) is 0 Å². The van der Waals surface area contributed by atoms with E-state index < -0.39 is 0 Å². The van der Waals surface area contributed by atoms with E-state index in [1.807, 2.05) is 32.9 Å². The Kier molecular flexibility index (Phi) is 4.90. The maximum atomic E-state index is 13.2. The predicted molar refractivity (Wildman–Crippen MR) is 75.2 cm³/mol. The molecular weight excluding hydrogens is 227 g/mol. The van der Waals surface area contributed by atoms with Crippen LogP contribution in [0, 0.1) is 5.82 Å². The lowest BCUT2D eigenvalue weighted by Crippen LogP contribution is -1.94. The SMILES string of the molecule is C=C(C)/C=C(\C(C)=C/C)c1ccc(F)cc1OC. The van der Waals surface area contributed by atoms with Crippen LogP contribution in [0.4, 0.5) is 4.39 Å². The lowest BCUT2D eigenvalue weighted by Gasteiger charge is -2.13. The van der Waals surface area contributed by atoms with Gasteiger partial charge in [-0.15, -0.1) is 0 Å². The number of ether oxygens (including phenoxy) is 1. The second kappa shape index (κ2) is 6.20. The van der Waals surface area contributed by atoms with E-state index in [9.17, 15) is 4.39 Å².